The molecule has 0 radical (unpaired) electrons. The van der Waals surface area contributed by atoms with Crippen molar-refractivity contribution in [1.82, 2.24) is 30.7 Å². The third-order valence-electron chi connectivity index (χ3n) is 5.21. The van der Waals surface area contributed by atoms with Gasteiger partial charge < -0.3 is 15.2 Å². The third kappa shape index (κ3) is 3.92. The number of benzene rings is 2. The van der Waals surface area contributed by atoms with Gasteiger partial charge in [-0.1, -0.05) is 43.3 Å². The van der Waals surface area contributed by atoms with Crippen LogP contribution >= 0.6 is 0 Å². The highest BCUT2D eigenvalue weighted by atomic mass is 16.7. The van der Waals surface area contributed by atoms with Gasteiger partial charge in [0.15, 0.2) is 17.2 Å². The van der Waals surface area contributed by atoms with Gasteiger partial charge in [-0.15, -0.1) is 5.10 Å². The molecule has 1 amide bonds. The predicted molar refractivity (Wildman–Crippen MR) is 121 cm³/mol. The second kappa shape index (κ2) is 8.65. The smallest absolute Gasteiger partial charge is 0.294 e. The van der Waals surface area contributed by atoms with Gasteiger partial charge in [0.2, 0.25) is 18.4 Å². The lowest BCUT2D eigenvalue weighted by Crippen LogP contribution is -2.19. The average molecular weight is 460 g/mol. The summed E-state index contributed by atoms with van der Waals surface area (Å²) in [6.45, 7) is 4.35. The molecule has 3 heterocycles. The van der Waals surface area contributed by atoms with Gasteiger partial charge in [0.1, 0.15) is 5.69 Å². The number of aromatic nitrogens is 5. The molecule has 4 aromatic rings. The Balaban J connectivity index is 1.46. The lowest BCUT2D eigenvalue weighted by Gasteiger charge is -2.07. The number of nitrogens with zero attached hydrogens (tertiary/aromatic N) is 6. The number of fused-ring (bicyclic) bond motifs is 1. The molecule has 172 valence electrons. The van der Waals surface area contributed by atoms with Gasteiger partial charge in [-0.05, 0) is 45.6 Å². The van der Waals surface area contributed by atoms with E-state index in [9.17, 15) is 4.79 Å². The van der Waals surface area contributed by atoms with E-state index in [2.05, 4.69) is 49.6 Å². The van der Waals surface area contributed by atoms with Gasteiger partial charge in [-0.3, -0.25) is 4.79 Å². The number of nitrogen functional groups attached to an aromatic ring is 1. The molecule has 0 unspecified atom stereocenters. The Morgan fingerprint density at radius 3 is 2.68 bits per heavy atom. The summed E-state index contributed by atoms with van der Waals surface area (Å²) in [7, 11) is 0. The second-order valence-corrected chi connectivity index (χ2v) is 7.76. The first-order valence-corrected chi connectivity index (χ1v) is 10.4. The van der Waals surface area contributed by atoms with Crippen LogP contribution in [0.15, 0.2) is 52.2 Å². The minimum atomic E-state index is -0.580. The molecule has 12 heteroatoms. The van der Waals surface area contributed by atoms with Gasteiger partial charge in [0, 0.05) is 5.56 Å². The molecule has 3 N–H and O–H groups in total. The Hall–Kier alpha value is -4.74. The summed E-state index contributed by atoms with van der Waals surface area (Å²) < 4.78 is 16.8. The fourth-order valence-corrected chi connectivity index (χ4v) is 3.41. The quantitative estimate of drug-likeness (QED) is 0.326. The molecule has 0 fully saturated rings. The molecule has 1 aliphatic rings. The summed E-state index contributed by atoms with van der Waals surface area (Å²) in [6.07, 6.45) is 1.55. The monoisotopic (exact) mass is 460 g/mol. The minimum Gasteiger partial charge on any atom is -0.454 e. The van der Waals surface area contributed by atoms with Crippen LogP contribution in [-0.2, 0) is 0 Å². The normalized spacial score (nSPS) is 12.6. The van der Waals surface area contributed by atoms with Crippen LogP contribution in [0.5, 0.6) is 11.5 Å². The molecule has 0 bridgehead atoms. The molecule has 1 aliphatic heterocycles. The second-order valence-electron chi connectivity index (χ2n) is 7.76. The number of carbonyl (C=O) groups excluding carboxylic acids is 1. The lowest BCUT2D eigenvalue weighted by molar-refractivity contribution is 0.0950. The van der Waals surface area contributed by atoms with Gasteiger partial charge in [-0.25, -0.2) is 10.1 Å². The zero-order valence-electron chi connectivity index (χ0n) is 18.3. The van der Waals surface area contributed by atoms with Crippen molar-refractivity contribution in [3.05, 3.63) is 59.3 Å². The lowest BCUT2D eigenvalue weighted by atomic mass is 10.0. The zero-order chi connectivity index (χ0) is 23.7. The molecule has 2 aromatic heterocycles. The Bertz CT molecular complexity index is 1370. The molecular weight excluding hydrogens is 440 g/mol. The topological polar surface area (TPSA) is 156 Å². The summed E-state index contributed by atoms with van der Waals surface area (Å²) in [6, 6.07) is 13.1. The maximum atomic E-state index is 13.0. The van der Waals surface area contributed by atoms with Gasteiger partial charge in [0.05, 0.1) is 6.21 Å². The standard InChI is InChI=1S/C22H20N8O4/c1-12(2)14-5-3-13(4-6-14)10-24-26-22(31)18-19(15-7-8-16-17(9-15)33-11-32-16)30(29-25-18)21-20(23)27-34-28-21/h3-10,12H,11H2,1-2H3,(H2,23,27)(H,26,31). The molecular formula is C22H20N8O4. The van der Waals surface area contributed by atoms with Crippen LogP contribution in [0.1, 0.15) is 41.4 Å². The number of anilines is 1. The summed E-state index contributed by atoms with van der Waals surface area (Å²) in [4.78, 5) is 13.0. The molecule has 0 saturated carbocycles. The summed E-state index contributed by atoms with van der Waals surface area (Å²) in [5, 5.41) is 19.5. The van der Waals surface area contributed by atoms with E-state index in [4.69, 9.17) is 15.2 Å². The van der Waals surface area contributed by atoms with E-state index in [1.54, 1.807) is 24.4 Å². The Labute approximate surface area is 193 Å². The maximum Gasteiger partial charge on any atom is 0.294 e. The molecule has 0 saturated heterocycles. The van der Waals surface area contributed by atoms with E-state index < -0.39 is 5.91 Å². The van der Waals surface area contributed by atoms with E-state index >= 15 is 0 Å². The van der Waals surface area contributed by atoms with Crippen LogP contribution < -0.4 is 20.6 Å². The Kier molecular flexibility index (Phi) is 5.38. The van der Waals surface area contributed by atoms with Crippen molar-refractivity contribution in [2.45, 2.75) is 19.8 Å². The number of carbonyl (C=O) groups is 1. The fourth-order valence-electron chi connectivity index (χ4n) is 3.41. The van der Waals surface area contributed by atoms with Crippen LogP contribution in [0.4, 0.5) is 5.82 Å². The number of amides is 1. The maximum absolute atomic E-state index is 13.0. The number of hydrogen-bond acceptors (Lipinski definition) is 10. The third-order valence-corrected chi connectivity index (χ3v) is 5.21. The van der Waals surface area contributed by atoms with Crippen molar-refractivity contribution in [2.24, 2.45) is 5.10 Å². The number of nitrogens with two attached hydrogens (primary N) is 1. The molecule has 0 aliphatic carbocycles. The number of ether oxygens (including phenoxy) is 2. The van der Waals surface area contributed by atoms with Crippen molar-refractivity contribution < 1.29 is 18.9 Å². The predicted octanol–water partition coefficient (Wildman–Crippen LogP) is 2.52. The van der Waals surface area contributed by atoms with Crippen molar-refractivity contribution in [2.75, 3.05) is 12.5 Å². The van der Waals surface area contributed by atoms with E-state index in [1.165, 1.54) is 10.2 Å². The molecule has 34 heavy (non-hydrogen) atoms. The molecule has 12 nitrogen and oxygen atoms in total. The largest absolute Gasteiger partial charge is 0.454 e. The molecule has 5 rings (SSSR count). The fraction of sp³-hybridized carbons (Fsp3) is 0.182. The van der Waals surface area contributed by atoms with E-state index in [0.29, 0.717) is 28.7 Å². The number of rotatable bonds is 6. The first-order chi connectivity index (χ1) is 16.5. The number of hydrogen-bond donors (Lipinski definition) is 2. The van der Waals surface area contributed by atoms with Crippen molar-refractivity contribution in [3.63, 3.8) is 0 Å². The molecule has 0 atom stereocenters. The van der Waals surface area contributed by atoms with Crippen LogP contribution in [0.2, 0.25) is 0 Å². The number of hydrazone groups is 1. The van der Waals surface area contributed by atoms with E-state index in [-0.39, 0.29) is 24.1 Å². The highest BCUT2D eigenvalue weighted by Gasteiger charge is 2.26. The van der Waals surface area contributed by atoms with Crippen molar-refractivity contribution in [3.8, 4) is 28.6 Å². The highest BCUT2D eigenvalue weighted by molar-refractivity contribution is 5.99. The first-order valence-electron chi connectivity index (χ1n) is 10.4. The van der Waals surface area contributed by atoms with Gasteiger partial charge in [-0.2, -0.15) is 9.78 Å². The van der Waals surface area contributed by atoms with Gasteiger partial charge >= 0.3 is 0 Å². The Morgan fingerprint density at radius 2 is 1.94 bits per heavy atom. The van der Waals surface area contributed by atoms with Crippen LogP contribution in [0, 0.1) is 0 Å². The van der Waals surface area contributed by atoms with E-state index in [0.717, 1.165) is 5.56 Å². The SMILES string of the molecule is CC(C)c1ccc(C=NNC(=O)c2nnn(-c3nonc3N)c2-c2ccc3c(c2)OCO3)cc1. The summed E-state index contributed by atoms with van der Waals surface area (Å²) in [5.41, 5.74) is 11.2. The van der Waals surface area contributed by atoms with Crippen molar-refractivity contribution >= 4 is 17.9 Å². The van der Waals surface area contributed by atoms with Crippen LogP contribution in [-0.4, -0.2) is 44.2 Å². The van der Waals surface area contributed by atoms with Crippen LogP contribution in [0.3, 0.4) is 0 Å². The zero-order valence-corrected chi connectivity index (χ0v) is 18.3. The first kappa shape index (κ1) is 21.1. The highest BCUT2D eigenvalue weighted by Crippen LogP contribution is 2.37. The summed E-state index contributed by atoms with van der Waals surface area (Å²) in [5.74, 6) is 1.03. The molecule has 2 aromatic carbocycles. The average Bonchev–Trinajstić information content (AvgIpc) is 3.57. The van der Waals surface area contributed by atoms with E-state index in [1.807, 2.05) is 24.3 Å². The number of nitrogens with one attached hydrogen (secondary N) is 1. The molecule has 0 spiro atoms. The van der Waals surface area contributed by atoms with Crippen LogP contribution in [0.25, 0.3) is 17.1 Å². The van der Waals surface area contributed by atoms with Crippen molar-refractivity contribution in [1.29, 1.82) is 0 Å². The minimum absolute atomic E-state index is 0.00595. The Morgan fingerprint density at radius 1 is 1.15 bits per heavy atom. The summed E-state index contributed by atoms with van der Waals surface area (Å²) >= 11 is 0. The van der Waals surface area contributed by atoms with Gasteiger partial charge in [0.25, 0.3) is 5.91 Å².